The van der Waals surface area contributed by atoms with Crippen LogP contribution in [0.25, 0.3) is 16.9 Å². The van der Waals surface area contributed by atoms with Gasteiger partial charge in [0.1, 0.15) is 23.9 Å². The largest absolute Gasteiger partial charge is 0.497 e. The molecule has 0 saturated heterocycles. The lowest BCUT2D eigenvalue weighted by Crippen LogP contribution is -2.27. The van der Waals surface area contributed by atoms with E-state index in [-0.39, 0.29) is 18.1 Å². The van der Waals surface area contributed by atoms with Gasteiger partial charge in [-0.2, -0.15) is 0 Å². The lowest BCUT2D eigenvalue weighted by atomic mass is 10.1. The average molecular weight is 429 g/mol. The number of amides is 1. The van der Waals surface area contributed by atoms with Crippen molar-refractivity contribution in [1.82, 2.24) is 24.9 Å². The zero-order valence-corrected chi connectivity index (χ0v) is 18.1. The Morgan fingerprint density at radius 2 is 2.03 bits per heavy atom. The highest BCUT2D eigenvalue weighted by Crippen LogP contribution is 2.29. The number of nitrogens with zero attached hydrogens (tertiary/aromatic N) is 4. The van der Waals surface area contributed by atoms with Crippen LogP contribution in [-0.4, -0.2) is 38.7 Å². The smallest absolute Gasteiger partial charge is 0.251 e. The molecule has 0 aliphatic carbocycles. The number of rotatable bonds is 5. The van der Waals surface area contributed by atoms with Crippen molar-refractivity contribution < 1.29 is 14.3 Å². The third-order valence-electron chi connectivity index (χ3n) is 5.52. The molecule has 2 atom stereocenters. The average Bonchev–Trinajstić information content (AvgIpc) is 3.40. The molecule has 0 unspecified atom stereocenters. The lowest BCUT2D eigenvalue weighted by molar-refractivity contribution is 0.0938. The van der Waals surface area contributed by atoms with Crippen molar-refractivity contribution in [2.45, 2.75) is 32.4 Å². The second-order valence-corrected chi connectivity index (χ2v) is 7.93. The van der Waals surface area contributed by atoms with Crippen molar-refractivity contribution in [1.29, 1.82) is 0 Å². The number of carbonyl (C=O) groups is 1. The topological polar surface area (TPSA) is 90.6 Å². The normalized spacial score (nSPS) is 15.8. The Morgan fingerprint density at radius 1 is 1.22 bits per heavy atom. The molecule has 4 aromatic rings. The molecule has 2 aromatic heterocycles. The van der Waals surface area contributed by atoms with Crippen LogP contribution in [0, 0.1) is 0 Å². The molecule has 3 heterocycles. The second-order valence-electron chi connectivity index (χ2n) is 7.93. The summed E-state index contributed by atoms with van der Waals surface area (Å²) in [6, 6.07) is 14.7. The van der Waals surface area contributed by atoms with Crippen molar-refractivity contribution in [2.24, 2.45) is 0 Å². The van der Waals surface area contributed by atoms with E-state index in [9.17, 15) is 4.79 Å². The van der Waals surface area contributed by atoms with E-state index in [1.54, 1.807) is 24.0 Å². The van der Waals surface area contributed by atoms with Gasteiger partial charge in [0, 0.05) is 23.6 Å². The Hall–Kier alpha value is -3.94. The molecule has 0 fully saturated rings. The molecular weight excluding hydrogens is 406 g/mol. The number of fused-ring (bicyclic) bond motifs is 2. The van der Waals surface area contributed by atoms with Crippen molar-refractivity contribution in [2.75, 3.05) is 7.11 Å². The summed E-state index contributed by atoms with van der Waals surface area (Å²) in [5, 5.41) is 7.46. The molecule has 5 rings (SSSR count). The zero-order valence-electron chi connectivity index (χ0n) is 18.1. The van der Waals surface area contributed by atoms with E-state index < -0.39 is 0 Å². The first-order valence-corrected chi connectivity index (χ1v) is 10.5. The van der Waals surface area contributed by atoms with Gasteiger partial charge in [0.05, 0.1) is 18.8 Å². The molecule has 1 N–H and O–H groups in total. The minimum absolute atomic E-state index is 0.140. The number of methoxy groups -OCH3 is 1. The van der Waals surface area contributed by atoms with Crippen LogP contribution in [0.4, 0.5) is 0 Å². The van der Waals surface area contributed by atoms with E-state index >= 15 is 0 Å². The monoisotopic (exact) mass is 429 g/mol. The Bertz CT molecular complexity index is 1300. The third kappa shape index (κ3) is 3.75. The molecule has 162 valence electrons. The minimum Gasteiger partial charge on any atom is -0.497 e. The second kappa shape index (κ2) is 7.96. The van der Waals surface area contributed by atoms with Crippen LogP contribution in [0.15, 0.2) is 54.9 Å². The van der Waals surface area contributed by atoms with Crippen molar-refractivity contribution in [3.8, 4) is 22.8 Å². The van der Waals surface area contributed by atoms with Crippen LogP contribution >= 0.6 is 0 Å². The maximum Gasteiger partial charge on any atom is 0.251 e. The minimum atomic E-state index is -0.365. The van der Waals surface area contributed by atoms with Crippen LogP contribution in [0.3, 0.4) is 0 Å². The van der Waals surface area contributed by atoms with Gasteiger partial charge >= 0.3 is 0 Å². The molecule has 0 spiro atoms. The predicted molar refractivity (Wildman–Crippen MR) is 119 cm³/mol. The van der Waals surface area contributed by atoms with Gasteiger partial charge in [-0.25, -0.2) is 14.5 Å². The van der Waals surface area contributed by atoms with Crippen LogP contribution in [0.5, 0.6) is 11.5 Å². The molecule has 0 radical (unpaired) electrons. The Labute approximate surface area is 185 Å². The first-order chi connectivity index (χ1) is 15.5. The van der Waals surface area contributed by atoms with Crippen LogP contribution in [0.1, 0.15) is 41.6 Å². The molecule has 8 nitrogen and oxygen atoms in total. The molecule has 2 aromatic carbocycles. The molecule has 1 amide bonds. The van der Waals surface area contributed by atoms with Crippen molar-refractivity contribution in [3.63, 3.8) is 0 Å². The molecular formula is C24H23N5O3. The summed E-state index contributed by atoms with van der Waals surface area (Å²) in [5.74, 6) is 1.99. The fraction of sp³-hybridized carbons (Fsp3) is 0.250. The highest BCUT2D eigenvalue weighted by molar-refractivity contribution is 5.94. The van der Waals surface area contributed by atoms with Gasteiger partial charge in [0.25, 0.3) is 5.91 Å². The standard InChI is InChI=1S/C24H23N5O3/c1-14-10-18-11-17(6-9-21(18)32-14)24(30)26-15(2)23-27-22-12-20(25-13-29(22)28-23)16-4-7-19(31-3)8-5-16/h4-9,11-15H,10H2,1-3H3,(H,26,30)/t14-,15+/m0/s1. The summed E-state index contributed by atoms with van der Waals surface area (Å²) in [6.07, 6.45) is 2.58. The van der Waals surface area contributed by atoms with Gasteiger partial charge in [0.15, 0.2) is 11.5 Å². The van der Waals surface area contributed by atoms with E-state index in [2.05, 4.69) is 20.4 Å². The first kappa shape index (κ1) is 20.0. The summed E-state index contributed by atoms with van der Waals surface area (Å²) in [4.78, 5) is 21.9. The molecule has 8 heteroatoms. The SMILES string of the molecule is COc1ccc(-c2cc3nc([C@@H](C)NC(=O)c4ccc5c(c4)C[C@H](C)O5)nn3cn2)cc1. The number of carbonyl (C=O) groups excluding carboxylic acids is 1. The van der Waals surface area contributed by atoms with Crippen molar-refractivity contribution >= 4 is 11.6 Å². The van der Waals surface area contributed by atoms with Gasteiger partial charge in [-0.05, 0) is 61.9 Å². The predicted octanol–water partition coefficient (Wildman–Crippen LogP) is 3.61. The highest BCUT2D eigenvalue weighted by atomic mass is 16.5. The van der Waals surface area contributed by atoms with E-state index in [0.29, 0.717) is 17.0 Å². The number of aromatic nitrogens is 4. The molecule has 0 bridgehead atoms. The van der Waals surface area contributed by atoms with Crippen LogP contribution in [0.2, 0.25) is 0 Å². The van der Waals surface area contributed by atoms with E-state index in [1.807, 2.05) is 56.3 Å². The number of ether oxygens (including phenoxy) is 2. The van der Waals surface area contributed by atoms with Gasteiger partial charge in [-0.1, -0.05) is 0 Å². The summed E-state index contributed by atoms with van der Waals surface area (Å²) in [7, 11) is 1.64. The summed E-state index contributed by atoms with van der Waals surface area (Å²) in [6.45, 7) is 3.88. The highest BCUT2D eigenvalue weighted by Gasteiger charge is 2.22. The van der Waals surface area contributed by atoms with E-state index in [1.165, 1.54) is 0 Å². The fourth-order valence-corrected chi connectivity index (χ4v) is 3.82. The van der Waals surface area contributed by atoms with Gasteiger partial charge in [-0.15, -0.1) is 5.10 Å². The Morgan fingerprint density at radius 3 is 2.81 bits per heavy atom. The summed E-state index contributed by atoms with van der Waals surface area (Å²) in [5.41, 5.74) is 4.05. The van der Waals surface area contributed by atoms with Gasteiger partial charge < -0.3 is 14.8 Å². The zero-order chi connectivity index (χ0) is 22.2. The van der Waals surface area contributed by atoms with Crippen LogP contribution in [-0.2, 0) is 6.42 Å². The van der Waals surface area contributed by atoms with Crippen molar-refractivity contribution in [3.05, 3.63) is 71.8 Å². The van der Waals surface area contributed by atoms with Gasteiger partial charge in [-0.3, -0.25) is 4.79 Å². The summed E-state index contributed by atoms with van der Waals surface area (Å²) < 4.78 is 12.5. The van der Waals surface area contributed by atoms with Gasteiger partial charge in [0.2, 0.25) is 0 Å². The lowest BCUT2D eigenvalue weighted by Gasteiger charge is -2.11. The molecule has 0 saturated carbocycles. The summed E-state index contributed by atoms with van der Waals surface area (Å²) >= 11 is 0. The number of nitrogens with one attached hydrogen (secondary N) is 1. The Kier molecular flexibility index (Phi) is 4.97. The molecule has 1 aliphatic heterocycles. The van der Waals surface area contributed by atoms with Crippen LogP contribution < -0.4 is 14.8 Å². The Balaban J connectivity index is 1.34. The maximum atomic E-state index is 12.8. The number of hydrogen-bond acceptors (Lipinski definition) is 6. The maximum absolute atomic E-state index is 12.8. The number of benzene rings is 2. The number of hydrogen-bond donors (Lipinski definition) is 1. The molecule has 1 aliphatic rings. The third-order valence-corrected chi connectivity index (χ3v) is 5.52. The van der Waals surface area contributed by atoms with E-state index in [4.69, 9.17) is 9.47 Å². The molecule has 32 heavy (non-hydrogen) atoms. The quantitative estimate of drug-likeness (QED) is 0.521. The fourth-order valence-electron chi connectivity index (χ4n) is 3.82. The first-order valence-electron chi connectivity index (χ1n) is 10.5. The van der Waals surface area contributed by atoms with E-state index in [0.717, 1.165) is 34.7 Å².